The van der Waals surface area contributed by atoms with Gasteiger partial charge < -0.3 is 19.1 Å². The van der Waals surface area contributed by atoms with Crippen molar-refractivity contribution in [2.24, 2.45) is 0 Å². The number of phenolic OH excluding ortho intramolecular Hbond substituents is 1. The molecule has 1 heterocycles. The minimum Gasteiger partial charge on any atom is -0.508 e. The topological polar surface area (TPSA) is 81.8 Å². The van der Waals surface area contributed by atoms with Crippen molar-refractivity contribution in [1.29, 1.82) is 0 Å². The van der Waals surface area contributed by atoms with E-state index in [4.69, 9.17) is 14.0 Å². The lowest BCUT2D eigenvalue weighted by atomic mass is 10.2. The molecule has 2 aromatic carbocycles. The van der Waals surface area contributed by atoms with Gasteiger partial charge in [-0.15, -0.1) is 0 Å². The highest BCUT2D eigenvalue weighted by Gasteiger charge is 2.10. The first kappa shape index (κ1) is 14.9. The van der Waals surface area contributed by atoms with Crippen LogP contribution in [0.4, 0.5) is 0 Å². The van der Waals surface area contributed by atoms with E-state index in [1.54, 1.807) is 43.3 Å². The molecule has 1 N–H and O–H groups in total. The fourth-order valence-corrected chi connectivity index (χ4v) is 2.14. The summed E-state index contributed by atoms with van der Waals surface area (Å²) in [7, 11) is 0. The second kappa shape index (κ2) is 6.39. The van der Waals surface area contributed by atoms with Crippen LogP contribution < -0.4 is 4.74 Å². The van der Waals surface area contributed by atoms with Gasteiger partial charge in [0.2, 0.25) is 0 Å². The molecule has 23 heavy (non-hydrogen) atoms. The van der Waals surface area contributed by atoms with E-state index in [0.29, 0.717) is 29.2 Å². The zero-order valence-electron chi connectivity index (χ0n) is 12.5. The van der Waals surface area contributed by atoms with Crippen LogP contribution in [0.1, 0.15) is 23.0 Å². The molecule has 1 aromatic heterocycles. The number of ether oxygens (including phenoxy) is 2. The van der Waals surface area contributed by atoms with Crippen LogP contribution in [0.25, 0.3) is 11.0 Å². The Bertz CT molecular complexity index is 823. The summed E-state index contributed by atoms with van der Waals surface area (Å²) in [5, 5.41) is 14.1. The first-order chi connectivity index (χ1) is 11.2. The van der Waals surface area contributed by atoms with Crippen LogP contribution in [-0.2, 0) is 11.3 Å². The third kappa shape index (κ3) is 3.26. The zero-order chi connectivity index (χ0) is 16.2. The number of hydrogen-bond acceptors (Lipinski definition) is 6. The average molecular weight is 313 g/mol. The normalized spacial score (nSPS) is 10.7. The number of fused-ring (bicyclic) bond motifs is 1. The Morgan fingerprint density at radius 1 is 1.22 bits per heavy atom. The quantitative estimate of drug-likeness (QED) is 0.728. The van der Waals surface area contributed by atoms with E-state index in [9.17, 15) is 9.90 Å². The van der Waals surface area contributed by atoms with Crippen molar-refractivity contribution in [3.8, 4) is 11.5 Å². The molecule has 0 unspecified atom stereocenters. The molecule has 0 aliphatic carbocycles. The molecule has 0 aliphatic heterocycles. The summed E-state index contributed by atoms with van der Waals surface area (Å²) in [6, 6.07) is 11.5. The number of benzene rings is 2. The lowest BCUT2D eigenvalue weighted by Crippen LogP contribution is -2.04. The molecule has 0 aliphatic rings. The van der Waals surface area contributed by atoms with Crippen molar-refractivity contribution in [1.82, 2.24) is 5.16 Å². The van der Waals surface area contributed by atoms with E-state index in [2.05, 4.69) is 5.16 Å². The summed E-state index contributed by atoms with van der Waals surface area (Å²) in [5.74, 6) is 0.366. The molecule has 6 heteroatoms. The first-order valence-corrected chi connectivity index (χ1v) is 7.14. The van der Waals surface area contributed by atoms with Crippen molar-refractivity contribution >= 4 is 16.9 Å². The molecule has 0 bridgehead atoms. The van der Waals surface area contributed by atoms with E-state index < -0.39 is 0 Å². The molecule has 0 fully saturated rings. The summed E-state index contributed by atoms with van der Waals surface area (Å²) >= 11 is 0. The Hall–Kier alpha value is -3.02. The van der Waals surface area contributed by atoms with Gasteiger partial charge in [-0.05, 0) is 43.3 Å². The van der Waals surface area contributed by atoms with Gasteiger partial charge in [-0.2, -0.15) is 0 Å². The summed E-state index contributed by atoms with van der Waals surface area (Å²) in [6.45, 7) is 2.32. The van der Waals surface area contributed by atoms with Crippen LogP contribution in [0.2, 0.25) is 0 Å². The first-order valence-electron chi connectivity index (χ1n) is 7.14. The largest absolute Gasteiger partial charge is 0.508 e. The Labute approximate surface area is 132 Å². The van der Waals surface area contributed by atoms with E-state index in [-0.39, 0.29) is 18.3 Å². The van der Waals surface area contributed by atoms with Crippen LogP contribution in [0, 0.1) is 0 Å². The molecule has 3 rings (SSSR count). The Morgan fingerprint density at radius 2 is 2.00 bits per heavy atom. The van der Waals surface area contributed by atoms with Crippen molar-refractivity contribution in [2.45, 2.75) is 13.5 Å². The van der Waals surface area contributed by atoms with E-state index >= 15 is 0 Å². The maximum Gasteiger partial charge on any atom is 0.338 e. The molecule has 0 atom stereocenters. The van der Waals surface area contributed by atoms with Gasteiger partial charge in [-0.25, -0.2) is 4.79 Å². The molecule has 118 valence electrons. The van der Waals surface area contributed by atoms with Crippen molar-refractivity contribution < 1.29 is 23.9 Å². The monoisotopic (exact) mass is 313 g/mol. The molecule has 3 aromatic rings. The number of carbonyl (C=O) groups is 1. The third-order valence-electron chi connectivity index (χ3n) is 3.27. The average Bonchev–Trinajstić information content (AvgIpc) is 2.95. The fraction of sp³-hybridized carbons (Fsp3) is 0.176. The SMILES string of the molecule is CCOC(=O)c1ccc(OCc2noc3cc(O)ccc23)cc1. The Kier molecular flexibility index (Phi) is 4.14. The van der Waals surface area contributed by atoms with E-state index in [1.165, 1.54) is 6.07 Å². The van der Waals surface area contributed by atoms with Crippen molar-refractivity contribution in [3.63, 3.8) is 0 Å². The second-order valence-electron chi connectivity index (χ2n) is 4.84. The lowest BCUT2D eigenvalue weighted by Gasteiger charge is -2.05. The van der Waals surface area contributed by atoms with Crippen molar-refractivity contribution in [3.05, 3.63) is 53.7 Å². The predicted octanol–water partition coefficient (Wildman–Crippen LogP) is 3.29. The number of hydrogen-bond donors (Lipinski definition) is 1. The highest BCUT2D eigenvalue weighted by atomic mass is 16.5. The van der Waals surface area contributed by atoms with Crippen LogP contribution in [-0.4, -0.2) is 22.8 Å². The summed E-state index contributed by atoms with van der Waals surface area (Å²) < 4.78 is 15.7. The molecule has 0 spiro atoms. The summed E-state index contributed by atoms with van der Waals surface area (Å²) in [4.78, 5) is 11.6. The molecule has 6 nitrogen and oxygen atoms in total. The number of carbonyl (C=O) groups excluding carboxylic acids is 1. The number of rotatable bonds is 5. The number of nitrogens with zero attached hydrogens (tertiary/aromatic N) is 1. The Balaban J connectivity index is 1.69. The van der Waals surface area contributed by atoms with Gasteiger partial charge in [-0.1, -0.05) is 5.16 Å². The van der Waals surface area contributed by atoms with E-state index in [1.807, 2.05) is 0 Å². The molecule has 0 amide bonds. The van der Waals surface area contributed by atoms with E-state index in [0.717, 1.165) is 5.39 Å². The number of aromatic hydroxyl groups is 1. The van der Waals surface area contributed by atoms with Crippen LogP contribution in [0.3, 0.4) is 0 Å². The second-order valence-corrected chi connectivity index (χ2v) is 4.84. The van der Waals surface area contributed by atoms with Crippen LogP contribution in [0.15, 0.2) is 47.0 Å². The highest BCUT2D eigenvalue weighted by molar-refractivity contribution is 5.89. The van der Waals surface area contributed by atoms with Gasteiger partial charge in [-0.3, -0.25) is 0 Å². The molecular formula is C17H15NO5. The number of esters is 1. The zero-order valence-corrected chi connectivity index (χ0v) is 12.5. The van der Waals surface area contributed by atoms with Crippen LogP contribution in [0.5, 0.6) is 11.5 Å². The minimum absolute atomic E-state index is 0.121. The third-order valence-corrected chi connectivity index (χ3v) is 3.27. The maximum absolute atomic E-state index is 11.6. The van der Waals surface area contributed by atoms with Crippen molar-refractivity contribution in [2.75, 3.05) is 6.61 Å². The van der Waals surface area contributed by atoms with Gasteiger partial charge in [0.05, 0.1) is 12.2 Å². The smallest absolute Gasteiger partial charge is 0.338 e. The maximum atomic E-state index is 11.6. The summed E-state index contributed by atoms with van der Waals surface area (Å²) in [5.41, 5.74) is 1.61. The number of aromatic nitrogens is 1. The highest BCUT2D eigenvalue weighted by Crippen LogP contribution is 2.24. The molecular weight excluding hydrogens is 298 g/mol. The van der Waals surface area contributed by atoms with Gasteiger partial charge >= 0.3 is 5.97 Å². The Morgan fingerprint density at radius 3 is 2.74 bits per heavy atom. The predicted molar refractivity (Wildman–Crippen MR) is 82.4 cm³/mol. The summed E-state index contributed by atoms with van der Waals surface area (Å²) in [6.07, 6.45) is 0. The standard InChI is InChI=1S/C17H15NO5/c1-2-21-17(20)11-3-6-13(7-4-11)22-10-15-14-8-5-12(19)9-16(14)23-18-15/h3-9,19H,2,10H2,1H3. The molecule has 0 radical (unpaired) electrons. The molecule has 0 saturated carbocycles. The van der Waals surface area contributed by atoms with Gasteiger partial charge in [0, 0.05) is 11.5 Å². The molecule has 0 saturated heterocycles. The fourth-order valence-electron chi connectivity index (χ4n) is 2.14. The number of phenols is 1. The van der Waals surface area contributed by atoms with Gasteiger partial charge in [0.15, 0.2) is 5.58 Å². The minimum atomic E-state index is -0.360. The van der Waals surface area contributed by atoms with Crippen LogP contribution >= 0.6 is 0 Å². The lowest BCUT2D eigenvalue weighted by molar-refractivity contribution is 0.0526. The van der Waals surface area contributed by atoms with Gasteiger partial charge in [0.25, 0.3) is 0 Å². The van der Waals surface area contributed by atoms with Gasteiger partial charge in [0.1, 0.15) is 23.8 Å².